The predicted molar refractivity (Wildman–Crippen MR) is 89.1 cm³/mol. The Bertz CT molecular complexity index is 748. The molecule has 0 aliphatic heterocycles. The molecule has 0 spiro atoms. The van der Waals surface area contributed by atoms with E-state index in [-0.39, 0.29) is 11.7 Å². The first-order valence-electron chi connectivity index (χ1n) is 7.21. The highest BCUT2D eigenvalue weighted by Gasteiger charge is 2.16. The second-order valence-corrected chi connectivity index (χ2v) is 6.32. The first kappa shape index (κ1) is 17.1. The lowest BCUT2D eigenvalue weighted by atomic mass is 10.1. The molecule has 1 amide bonds. The van der Waals surface area contributed by atoms with Gasteiger partial charge in [-0.25, -0.2) is 4.98 Å². The van der Waals surface area contributed by atoms with E-state index in [1.54, 1.807) is 24.3 Å². The lowest BCUT2D eigenvalue weighted by molar-refractivity contribution is -0.127. The summed E-state index contributed by atoms with van der Waals surface area (Å²) in [5.41, 5.74) is 3.39. The molecule has 0 atom stereocenters. The fourth-order valence-corrected chi connectivity index (χ4v) is 3.14. The summed E-state index contributed by atoms with van der Waals surface area (Å²) in [4.78, 5) is 18.3. The molecule has 120 valence electrons. The van der Waals surface area contributed by atoms with Crippen LogP contribution in [0.25, 0.3) is 0 Å². The SMILES string of the molecule is Cc1nc(SCC(=O)N(C)Cc2ccco2)c(C#N)c(C)c1C. The van der Waals surface area contributed by atoms with Gasteiger partial charge in [-0.1, -0.05) is 11.8 Å². The number of hydrogen-bond donors (Lipinski definition) is 0. The lowest BCUT2D eigenvalue weighted by Gasteiger charge is -2.16. The van der Waals surface area contributed by atoms with Crippen LogP contribution in [-0.2, 0) is 11.3 Å². The number of aryl methyl sites for hydroxylation is 1. The summed E-state index contributed by atoms with van der Waals surface area (Å²) in [6.07, 6.45) is 1.59. The minimum atomic E-state index is -0.0343. The maximum absolute atomic E-state index is 12.2. The molecular formula is C17H19N3O2S. The molecule has 0 bridgehead atoms. The van der Waals surface area contributed by atoms with E-state index < -0.39 is 0 Å². The fourth-order valence-electron chi connectivity index (χ4n) is 2.11. The van der Waals surface area contributed by atoms with Crippen LogP contribution in [0.3, 0.4) is 0 Å². The normalized spacial score (nSPS) is 10.4. The summed E-state index contributed by atoms with van der Waals surface area (Å²) in [5, 5.41) is 9.97. The second kappa shape index (κ2) is 7.34. The van der Waals surface area contributed by atoms with Crippen LogP contribution in [0.4, 0.5) is 0 Å². The second-order valence-electron chi connectivity index (χ2n) is 5.36. The van der Waals surface area contributed by atoms with Crippen molar-refractivity contribution in [3.63, 3.8) is 0 Å². The highest BCUT2D eigenvalue weighted by molar-refractivity contribution is 8.00. The van der Waals surface area contributed by atoms with Crippen molar-refractivity contribution in [2.75, 3.05) is 12.8 Å². The monoisotopic (exact) mass is 329 g/mol. The number of pyridine rings is 1. The van der Waals surface area contributed by atoms with Crippen LogP contribution in [0.15, 0.2) is 27.8 Å². The largest absolute Gasteiger partial charge is 0.467 e. The molecule has 2 aromatic heterocycles. The van der Waals surface area contributed by atoms with E-state index in [4.69, 9.17) is 4.42 Å². The number of amides is 1. The zero-order valence-corrected chi connectivity index (χ0v) is 14.5. The molecular weight excluding hydrogens is 310 g/mol. The van der Waals surface area contributed by atoms with Gasteiger partial charge in [-0.3, -0.25) is 4.79 Å². The fraction of sp³-hybridized carbons (Fsp3) is 0.353. The van der Waals surface area contributed by atoms with Crippen molar-refractivity contribution in [1.82, 2.24) is 9.88 Å². The third-order valence-electron chi connectivity index (χ3n) is 3.81. The topological polar surface area (TPSA) is 70.1 Å². The number of furan rings is 1. The summed E-state index contributed by atoms with van der Waals surface area (Å²) in [5.74, 6) is 0.942. The van der Waals surface area contributed by atoms with Gasteiger partial charge in [0.2, 0.25) is 5.91 Å². The number of thioether (sulfide) groups is 1. The smallest absolute Gasteiger partial charge is 0.233 e. The molecule has 6 heteroatoms. The predicted octanol–water partition coefficient (Wildman–Crippen LogP) is 3.22. The van der Waals surface area contributed by atoms with Gasteiger partial charge in [-0.05, 0) is 44.0 Å². The van der Waals surface area contributed by atoms with Gasteiger partial charge in [0.05, 0.1) is 24.1 Å². The van der Waals surface area contributed by atoms with Crippen LogP contribution in [-0.4, -0.2) is 28.6 Å². The Hall–Kier alpha value is -2.26. The number of carbonyl (C=O) groups is 1. The maximum Gasteiger partial charge on any atom is 0.233 e. The molecule has 5 nitrogen and oxygen atoms in total. The maximum atomic E-state index is 12.2. The van der Waals surface area contributed by atoms with Crippen LogP contribution in [0, 0.1) is 32.1 Å². The van der Waals surface area contributed by atoms with Crippen molar-refractivity contribution in [2.24, 2.45) is 0 Å². The molecule has 0 N–H and O–H groups in total. The van der Waals surface area contributed by atoms with Crippen molar-refractivity contribution in [2.45, 2.75) is 32.3 Å². The summed E-state index contributed by atoms with van der Waals surface area (Å²) < 4.78 is 5.24. The van der Waals surface area contributed by atoms with E-state index in [1.807, 2.05) is 26.8 Å². The molecule has 0 aliphatic carbocycles. The van der Waals surface area contributed by atoms with Crippen LogP contribution < -0.4 is 0 Å². The van der Waals surface area contributed by atoms with Crippen molar-refractivity contribution in [1.29, 1.82) is 5.26 Å². The highest BCUT2D eigenvalue weighted by Crippen LogP contribution is 2.26. The number of rotatable bonds is 5. The Morgan fingerprint density at radius 3 is 2.74 bits per heavy atom. The van der Waals surface area contributed by atoms with E-state index in [2.05, 4.69) is 11.1 Å². The number of aromatic nitrogens is 1. The average Bonchev–Trinajstić information content (AvgIpc) is 3.03. The number of hydrogen-bond acceptors (Lipinski definition) is 5. The molecule has 0 saturated heterocycles. The minimum absolute atomic E-state index is 0.0343. The molecule has 0 saturated carbocycles. The van der Waals surface area contributed by atoms with Crippen molar-refractivity contribution in [3.05, 3.63) is 46.5 Å². The zero-order chi connectivity index (χ0) is 17.0. The summed E-state index contributed by atoms with van der Waals surface area (Å²) in [6, 6.07) is 5.83. The van der Waals surface area contributed by atoms with Crippen molar-refractivity contribution >= 4 is 17.7 Å². The van der Waals surface area contributed by atoms with Gasteiger partial charge >= 0.3 is 0 Å². The van der Waals surface area contributed by atoms with Crippen LogP contribution >= 0.6 is 11.8 Å². The van der Waals surface area contributed by atoms with Gasteiger partial charge < -0.3 is 9.32 Å². The van der Waals surface area contributed by atoms with Gasteiger partial charge in [-0.2, -0.15) is 5.26 Å². The average molecular weight is 329 g/mol. The highest BCUT2D eigenvalue weighted by atomic mass is 32.2. The van der Waals surface area contributed by atoms with Gasteiger partial charge in [0, 0.05) is 12.7 Å². The summed E-state index contributed by atoms with van der Waals surface area (Å²) in [7, 11) is 1.73. The third-order valence-corrected chi connectivity index (χ3v) is 4.77. The Labute approximate surface area is 140 Å². The van der Waals surface area contributed by atoms with Crippen LogP contribution in [0.2, 0.25) is 0 Å². The number of nitrogens with zero attached hydrogens (tertiary/aromatic N) is 3. The first-order valence-corrected chi connectivity index (χ1v) is 8.19. The molecule has 0 radical (unpaired) electrons. The van der Waals surface area contributed by atoms with Crippen molar-refractivity contribution < 1.29 is 9.21 Å². The molecule has 0 fully saturated rings. The third kappa shape index (κ3) is 3.93. The van der Waals surface area contributed by atoms with E-state index in [9.17, 15) is 10.1 Å². The number of carbonyl (C=O) groups excluding carboxylic acids is 1. The molecule has 23 heavy (non-hydrogen) atoms. The molecule has 2 heterocycles. The van der Waals surface area contributed by atoms with Crippen LogP contribution in [0.5, 0.6) is 0 Å². The molecule has 0 aliphatic rings. The molecule has 0 aromatic carbocycles. The number of nitriles is 1. The van der Waals surface area contributed by atoms with Crippen molar-refractivity contribution in [3.8, 4) is 6.07 Å². The Morgan fingerprint density at radius 1 is 1.39 bits per heavy atom. The van der Waals surface area contributed by atoms with E-state index in [1.165, 1.54) is 11.8 Å². The standard InChI is InChI=1S/C17H19N3O2S/c1-11-12(2)15(8-18)17(19-13(11)3)23-10-16(21)20(4)9-14-6-5-7-22-14/h5-7H,9-10H2,1-4H3. The summed E-state index contributed by atoms with van der Waals surface area (Å²) in [6.45, 7) is 6.21. The van der Waals surface area contributed by atoms with Gasteiger partial charge in [0.25, 0.3) is 0 Å². The van der Waals surface area contributed by atoms with E-state index in [0.717, 1.165) is 22.6 Å². The van der Waals surface area contributed by atoms with Gasteiger partial charge in [-0.15, -0.1) is 0 Å². The molecule has 0 unspecified atom stereocenters. The lowest BCUT2D eigenvalue weighted by Crippen LogP contribution is -2.27. The van der Waals surface area contributed by atoms with Crippen LogP contribution in [0.1, 0.15) is 28.1 Å². The Kier molecular flexibility index (Phi) is 5.45. The van der Waals surface area contributed by atoms with Gasteiger partial charge in [0.1, 0.15) is 16.9 Å². The minimum Gasteiger partial charge on any atom is -0.467 e. The van der Waals surface area contributed by atoms with E-state index in [0.29, 0.717) is 17.1 Å². The first-order chi connectivity index (χ1) is 10.9. The van der Waals surface area contributed by atoms with E-state index >= 15 is 0 Å². The Morgan fingerprint density at radius 2 is 2.13 bits per heavy atom. The summed E-state index contributed by atoms with van der Waals surface area (Å²) >= 11 is 1.30. The quantitative estimate of drug-likeness (QED) is 0.788. The zero-order valence-electron chi connectivity index (χ0n) is 13.7. The van der Waals surface area contributed by atoms with Gasteiger partial charge in [0.15, 0.2) is 0 Å². The Balaban J connectivity index is 2.06. The molecule has 2 aromatic rings. The molecule has 2 rings (SSSR count).